The third-order valence-electron chi connectivity index (χ3n) is 4.63. The lowest BCUT2D eigenvalue weighted by atomic mass is 9.81. The summed E-state index contributed by atoms with van der Waals surface area (Å²) in [6.07, 6.45) is 7.15. The minimum absolute atomic E-state index is 0.148. The summed E-state index contributed by atoms with van der Waals surface area (Å²) in [5, 5.41) is 3.57. The Morgan fingerprint density at radius 1 is 1.33 bits per heavy atom. The smallest absolute Gasteiger partial charge is 0.142 e. The molecule has 1 aromatic carbocycles. The van der Waals surface area contributed by atoms with Crippen LogP contribution in [0.25, 0.3) is 0 Å². The quantitative estimate of drug-likeness (QED) is 0.849. The summed E-state index contributed by atoms with van der Waals surface area (Å²) in [5.41, 5.74) is 0.842. The SMILES string of the molecule is CNC(Cc1cccc(F)c1Cl)C(OC)C1CCCCC1. The molecule has 0 bridgehead atoms. The van der Waals surface area contributed by atoms with E-state index in [1.807, 2.05) is 13.1 Å². The van der Waals surface area contributed by atoms with Gasteiger partial charge in [0.15, 0.2) is 0 Å². The van der Waals surface area contributed by atoms with Crippen molar-refractivity contribution in [2.45, 2.75) is 50.7 Å². The summed E-state index contributed by atoms with van der Waals surface area (Å²) in [7, 11) is 3.71. The molecule has 0 radical (unpaired) electrons. The first kappa shape index (κ1) is 16.7. The van der Waals surface area contributed by atoms with Gasteiger partial charge in [-0.2, -0.15) is 0 Å². The highest BCUT2D eigenvalue weighted by atomic mass is 35.5. The molecule has 2 nitrogen and oxygen atoms in total. The average molecular weight is 314 g/mol. The molecule has 0 spiro atoms. The Kier molecular flexibility index (Phi) is 6.46. The van der Waals surface area contributed by atoms with Crippen LogP contribution < -0.4 is 5.32 Å². The zero-order chi connectivity index (χ0) is 15.2. The van der Waals surface area contributed by atoms with Crippen LogP contribution in [0.5, 0.6) is 0 Å². The molecule has 0 saturated heterocycles. The molecule has 1 N–H and O–H groups in total. The second kappa shape index (κ2) is 8.11. The summed E-state index contributed by atoms with van der Waals surface area (Å²) in [6.45, 7) is 0. The fourth-order valence-corrected chi connectivity index (χ4v) is 3.68. The first-order chi connectivity index (χ1) is 10.2. The van der Waals surface area contributed by atoms with Crippen molar-refractivity contribution in [2.24, 2.45) is 5.92 Å². The van der Waals surface area contributed by atoms with Gasteiger partial charge in [-0.15, -0.1) is 0 Å². The molecule has 0 heterocycles. The van der Waals surface area contributed by atoms with E-state index in [0.29, 0.717) is 12.3 Å². The van der Waals surface area contributed by atoms with Crippen LogP contribution in [0.3, 0.4) is 0 Å². The van der Waals surface area contributed by atoms with Gasteiger partial charge in [0.05, 0.1) is 11.1 Å². The number of rotatable bonds is 6. The topological polar surface area (TPSA) is 21.3 Å². The van der Waals surface area contributed by atoms with Gasteiger partial charge in [0.1, 0.15) is 5.82 Å². The van der Waals surface area contributed by atoms with E-state index < -0.39 is 0 Å². The highest BCUT2D eigenvalue weighted by Gasteiger charge is 2.30. The molecule has 0 aromatic heterocycles. The van der Waals surface area contributed by atoms with Gasteiger partial charge in [-0.05, 0) is 43.9 Å². The van der Waals surface area contributed by atoms with Crippen LogP contribution in [0.2, 0.25) is 5.02 Å². The molecule has 118 valence electrons. The van der Waals surface area contributed by atoms with Crippen LogP contribution in [0.1, 0.15) is 37.7 Å². The number of methoxy groups -OCH3 is 1. The second-order valence-corrected chi connectivity index (χ2v) is 6.29. The van der Waals surface area contributed by atoms with Crippen molar-refractivity contribution >= 4 is 11.6 Å². The Balaban J connectivity index is 2.11. The Hall–Kier alpha value is -0.640. The van der Waals surface area contributed by atoms with Crippen LogP contribution in [0.4, 0.5) is 4.39 Å². The van der Waals surface area contributed by atoms with E-state index in [9.17, 15) is 4.39 Å². The first-order valence-electron chi connectivity index (χ1n) is 7.80. The van der Waals surface area contributed by atoms with Gasteiger partial charge in [0, 0.05) is 13.2 Å². The molecule has 4 heteroatoms. The summed E-state index contributed by atoms with van der Waals surface area (Å²) in [5.74, 6) is 0.226. The minimum Gasteiger partial charge on any atom is -0.380 e. The van der Waals surface area contributed by atoms with Gasteiger partial charge >= 0.3 is 0 Å². The van der Waals surface area contributed by atoms with Crippen molar-refractivity contribution in [1.82, 2.24) is 5.32 Å². The third kappa shape index (κ3) is 4.18. The Morgan fingerprint density at radius 3 is 2.67 bits per heavy atom. The van der Waals surface area contributed by atoms with E-state index in [1.54, 1.807) is 13.2 Å². The fraction of sp³-hybridized carbons (Fsp3) is 0.647. The summed E-state index contributed by atoms with van der Waals surface area (Å²) in [6, 6.07) is 5.15. The molecular weight excluding hydrogens is 289 g/mol. The van der Waals surface area contributed by atoms with Gasteiger partial charge in [0.2, 0.25) is 0 Å². The monoisotopic (exact) mass is 313 g/mol. The number of halogens is 2. The number of benzene rings is 1. The van der Waals surface area contributed by atoms with Gasteiger partial charge in [-0.25, -0.2) is 4.39 Å². The number of likely N-dealkylation sites (N-methyl/N-ethyl adjacent to an activating group) is 1. The molecular formula is C17H25ClFNO. The maximum atomic E-state index is 13.6. The van der Waals surface area contributed by atoms with E-state index in [1.165, 1.54) is 38.2 Å². The molecule has 2 rings (SSSR count). The molecule has 21 heavy (non-hydrogen) atoms. The van der Waals surface area contributed by atoms with E-state index in [4.69, 9.17) is 16.3 Å². The van der Waals surface area contributed by atoms with Gasteiger partial charge in [-0.3, -0.25) is 0 Å². The summed E-state index contributed by atoms with van der Waals surface area (Å²) in [4.78, 5) is 0. The van der Waals surface area contributed by atoms with Gasteiger partial charge in [0.25, 0.3) is 0 Å². The molecule has 1 saturated carbocycles. The highest BCUT2D eigenvalue weighted by Crippen LogP contribution is 2.31. The predicted molar refractivity (Wildman–Crippen MR) is 85.3 cm³/mol. The van der Waals surface area contributed by atoms with E-state index in [0.717, 1.165) is 5.56 Å². The normalized spacial score (nSPS) is 19.4. The van der Waals surface area contributed by atoms with Crippen LogP contribution in [-0.4, -0.2) is 26.3 Å². The van der Waals surface area contributed by atoms with Crippen LogP contribution in [0.15, 0.2) is 18.2 Å². The van der Waals surface area contributed by atoms with Crippen LogP contribution in [0, 0.1) is 11.7 Å². The van der Waals surface area contributed by atoms with Crippen molar-refractivity contribution in [2.75, 3.05) is 14.2 Å². The van der Waals surface area contributed by atoms with Crippen molar-refractivity contribution in [3.05, 3.63) is 34.6 Å². The predicted octanol–water partition coefficient (Wildman–Crippen LogP) is 4.20. The standard InChI is InChI=1S/C17H25ClFNO/c1-20-15(11-13-9-6-10-14(19)16(13)18)17(21-2)12-7-4-3-5-8-12/h6,9-10,12,15,17,20H,3-5,7-8,11H2,1-2H3. The van der Waals surface area contributed by atoms with Gasteiger partial charge in [-0.1, -0.05) is 43.0 Å². The number of hydrogen-bond donors (Lipinski definition) is 1. The lowest BCUT2D eigenvalue weighted by molar-refractivity contribution is 0.0101. The zero-order valence-corrected chi connectivity index (χ0v) is 13.6. The summed E-state index contributed by atoms with van der Waals surface area (Å²) < 4.78 is 19.4. The van der Waals surface area contributed by atoms with Crippen molar-refractivity contribution in [3.8, 4) is 0 Å². The second-order valence-electron chi connectivity index (χ2n) is 5.91. The van der Waals surface area contributed by atoms with Crippen molar-refractivity contribution in [3.63, 3.8) is 0 Å². The Labute approximate surface area is 132 Å². The number of nitrogens with one attached hydrogen (secondary N) is 1. The third-order valence-corrected chi connectivity index (χ3v) is 5.05. The van der Waals surface area contributed by atoms with Crippen LogP contribution >= 0.6 is 11.6 Å². The summed E-state index contributed by atoms with van der Waals surface area (Å²) >= 11 is 6.08. The molecule has 1 aliphatic rings. The first-order valence-corrected chi connectivity index (χ1v) is 8.18. The molecule has 0 amide bonds. The molecule has 1 aromatic rings. The Morgan fingerprint density at radius 2 is 2.05 bits per heavy atom. The Bertz CT molecular complexity index is 448. The highest BCUT2D eigenvalue weighted by molar-refractivity contribution is 6.31. The van der Waals surface area contributed by atoms with E-state index >= 15 is 0 Å². The lowest BCUT2D eigenvalue weighted by Crippen LogP contribution is -2.45. The molecule has 0 aliphatic heterocycles. The van der Waals surface area contributed by atoms with E-state index in [2.05, 4.69) is 5.32 Å². The van der Waals surface area contributed by atoms with Crippen molar-refractivity contribution < 1.29 is 9.13 Å². The molecule has 2 unspecified atom stereocenters. The number of hydrogen-bond acceptors (Lipinski definition) is 2. The fourth-order valence-electron chi connectivity index (χ4n) is 3.47. The largest absolute Gasteiger partial charge is 0.380 e. The van der Waals surface area contributed by atoms with Gasteiger partial charge < -0.3 is 10.1 Å². The molecule has 2 atom stereocenters. The maximum Gasteiger partial charge on any atom is 0.142 e. The lowest BCUT2D eigenvalue weighted by Gasteiger charge is -2.35. The minimum atomic E-state index is -0.351. The van der Waals surface area contributed by atoms with Crippen molar-refractivity contribution in [1.29, 1.82) is 0 Å². The maximum absolute atomic E-state index is 13.6. The average Bonchev–Trinajstić information content (AvgIpc) is 2.52. The number of ether oxygens (including phenoxy) is 1. The molecule has 1 fully saturated rings. The zero-order valence-electron chi connectivity index (χ0n) is 12.9. The van der Waals surface area contributed by atoms with Crippen LogP contribution in [-0.2, 0) is 11.2 Å². The van der Waals surface area contributed by atoms with E-state index in [-0.39, 0.29) is 23.0 Å². The molecule has 1 aliphatic carbocycles.